The molecule has 4 heteroatoms. The van der Waals surface area contributed by atoms with Crippen LogP contribution < -0.4 is 0 Å². The molecule has 1 fully saturated rings. The van der Waals surface area contributed by atoms with Gasteiger partial charge in [0, 0.05) is 19.0 Å². The van der Waals surface area contributed by atoms with Crippen molar-refractivity contribution in [2.75, 3.05) is 26.3 Å². The van der Waals surface area contributed by atoms with Crippen LogP contribution in [0.4, 0.5) is 0 Å². The summed E-state index contributed by atoms with van der Waals surface area (Å²) in [7, 11) is 0. The Bertz CT molecular complexity index is 208. The second-order valence-electron chi connectivity index (χ2n) is 4.15. The Balaban J connectivity index is 2.44. The summed E-state index contributed by atoms with van der Waals surface area (Å²) in [6.07, 6.45) is 1.76. The van der Waals surface area contributed by atoms with Gasteiger partial charge in [0.2, 0.25) is 5.91 Å². The molecular formula is C11H21NO3. The van der Waals surface area contributed by atoms with Gasteiger partial charge in [-0.25, -0.2) is 0 Å². The van der Waals surface area contributed by atoms with Gasteiger partial charge in [-0.05, 0) is 6.42 Å². The first-order valence-corrected chi connectivity index (χ1v) is 5.70. The van der Waals surface area contributed by atoms with E-state index < -0.39 is 0 Å². The molecule has 1 saturated heterocycles. The van der Waals surface area contributed by atoms with Crippen LogP contribution in [0.5, 0.6) is 0 Å². The van der Waals surface area contributed by atoms with E-state index in [1.54, 1.807) is 0 Å². The SMILES string of the molecule is CCCC(C)C(=O)N1CCOC(CO)C1. The van der Waals surface area contributed by atoms with Crippen molar-refractivity contribution in [2.45, 2.75) is 32.8 Å². The standard InChI is InChI=1S/C11H21NO3/c1-3-4-9(2)11(14)12-5-6-15-10(7-12)8-13/h9-10,13H,3-8H2,1-2H3. The van der Waals surface area contributed by atoms with Crippen LogP contribution in [0, 0.1) is 5.92 Å². The van der Waals surface area contributed by atoms with E-state index in [0.717, 1.165) is 12.8 Å². The maximum Gasteiger partial charge on any atom is 0.225 e. The summed E-state index contributed by atoms with van der Waals surface area (Å²) in [6, 6.07) is 0. The lowest BCUT2D eigenvalue weighted by molar-refractivity contribution is -0.144. The number of ether oxygens (including phenoxy) is 1. The molecule has 2 unspecified atom stereocenters. The number of morpholine rings is 1. The molecule has 0 aromatic heterocycles. The highest BCUT2D eigenvalue weighted by Gasteiger charge is 2.26. The van der Waals surface area contributed by atoms with Gasteiger partial charge in [-0.15, -0.1) is 0 Å². The first kappa shape index (κ1) is 12.5. The van der Waals surface area contributed by atoms with Crippen LogP contribution in [0.2, 0.25) is 0 Å². The molecule has 1 N–H and O–H groups in total. The van der Waals surface area contributed by atoms with E-state index in [-0.39, 0.29) is 24.5 Å². The topological polar surface area (TPSA) is 49.8 Å². The van der Waals surface area contributed by atoms with Gasteiger partial charge in [0.05, 0.1) is 19.3 Å². The normalized spacial score (nSPS) is 23.9. The molecule has 2 atom stereocenters. The highest BCUT2D eigenvalue weighted by molar-refractivity contribution is 5.78. The number of amides is 1. The molecule has 0 saturated carbocycles. The molecular weight excluding hydrogens is 194 g/mol. The molecule has 0 aliphatic carbocycles. The number of hydrogen-bond donors (Lipinski definition) is 1. The van der Waals surface area contributed by atoms with Crippen LogP contribution in [0.15, 0.2) is 0 Å². The van der Waals surface area contributed by atoms with E-state index in [0.29, 0.717) is 19.7 Å². The molecule has 0 bridgehead atoms. The molecule has 0 aromatic carbocycles. The highest BCUT2D eigenvalue weighted by Crippen LogP contribution is 2.13. The van der Waals surface area contributed by atoms with Gasteiger partial charge in [0.25, 0.3) is 0 Å². The molecule has 0 spiro atoms. The first-order chi connectivity index (χ1) is 7.19. The number of aliphatic hydroxyl groups is 1. The molecule has 1 aliphatic rings. The third-order valence-corrected chi connectivity index (χ3v) is 2.80. The zero-order chi connectivity index (χ0) is 11.3. The smallest absolute Gasteiger partial charge is 0.225 e. The van der Waals surface area contributed by atoms with Crippen molar-refractivity contribution in [3.63, 3.8) is 0 Å². The minimum absolute atomic E-state index is 0.00800. The van der Waals surface area contributed by atoms with Gasteiger partial charge in [-0.1, -0.05) is 20.3 Å². The summed E-state index contributed by atoms with van der Waals surface area (Å²) in [4.78, 5) is 13.7. The lowest BCUT2D eigenvalue weighted by atomic mass is 10.0. The van der Waals surface area contributed by atoms with Crippen molar-refractivity contribution in [1.29, 1.82) is 0 Å². The van der Waals surface area contributed by atoms with Crippen LogP contribution in [0.1, 0.15) is 26.7 Å². The van der Waals surface area contributed by atoms with Crippen molar-refractivity contribution in [3.8, 4) is 0 Å². The van der Waals surface area contributed by atoms with Gasteiger partial charge >= 0.3 is 0 Å². The Morgan fingerprint density at radius 2 is 2.40 bits per heavy atom. The summed E-state index contributed by atoms with van der Waals surface area (Å²) in [5.41, 5.74) is 0. The van der Waals surface area contributed by atoms with Crippen LogP contribution in [0.25, 0.3) is 0 Å². The van der Waals surface area contributed by atoms with Gasteiger partial charge in [0.15, 0.2) is 0 Å². The predicted molar refractivity (Wildman–Crippen MR) is 57.5 cm³/mol. The number of nitrogens with zero attached hydrogens (tertiary/aromatic N) is 1. The van der Waals surface area contributed by atoms with E-state index in [9.17, 15) is 4.79 Å². The number of rotatable bonds is 4. The second-order valence-corrected chi connectivity index (χ2v) is 4.15. The number of carbonyl (C=O) groups excluding carboxylic acids is 1. The fourth-order valence-electron chi connectivity index (χ4n) is 1.90. The zero-order valence-corrected chi connectivity index (χ0v) is 9.61. The lowest BCUT2D eigenvalue weighted by Gasteiger charge is -2.33. The highest BCUT2D eigenvalue weighted by atomic mass is 16.5. The third kappa shape index (κ3) is 3.47. The number of aliphatic hydroxyl groups excluding tert-OH is 1. The third-order valence-electron chi connectivity index (χ3n) is 2.80. The molecule has 1 aliphatic heterocycles. The maximum atomic E-state index is 11.9. The van der Waals surface area contributed by atoms with Crippen molar-refractivity contribution in [3.05, 3.63) is 0 Å². The molecule has 1 heterocycles. The Morgan fingerprint density at radius 1 is 1.67 bits per heavy atom. The zero-order valence-electron chi connectivity index (χ0n) is 9.61. The predicted octanol–water partition coefficient (Wildman–Crippen LogP) is 0.642. The molecule has 1 amide bonds. The van der Waals surface area contributed by atoms with E-state index in [1.807, 2.05) is 11.8 Å². The van der Waals surface area contributed by atoms with E-state index >= 15 is 0 Å². The van der Waals surface area contributed by atoms with Gasteiger partial charge in [-0.2, -0.15) is 0 Å². The lowest BCUT2D eigenvalue weighted by Crippen LogP contribution is -2.48. The Kier molecular flexibility index (Phi) is 5.05. The van der Waals surface area contributed by atoms with Crippen LogP contribution in [-0.4, -0.2) is 48.3 Å². The average molecular weight is 215 g/mol. The summed E-state index contributed by atoms with van der Waals surface area (Å²) in [5, 5.41) is 8.97. The van der Waals surface area contributed by atoms with Gasteiger partial charge in [0.1, 0.15) is 0 Å². The summed E-state index contributed by atoms with van der Waals surface area (Å²) in [6.45, 7) is 5.77. The average Bonchev–Trinajstić information content (AvgIpc) is 2.28. The van der Waals surface area contributed by atoms with E-state index in [2.05, 4.69) is 6.92 Å². The van der Waals surface area contributed by atoms with Crippen LogP contribution >= 0.6 is 0 Å². The molecule has 1 rings (SSSR count). The fraction of sp³-hybridized carbons (Fsp3) is 0.909. The monoisotopic (exact) mass is 215 g/mol. The summed E-state index contributed by atoms with van der Waals surface area (Å²) >= 11 is 0. The molecule has 4 nitrogen and oxygen atoms in total. The Labute approximate surface area is 91.2 Å². The van der Waals surface area contributed by atoms with E-state index in [4.69, 9.17) is 9.84 Å². The van der Waals surface area contributed by atoms with Crippen molar-refractivity contribution in [1.82, 2.24) is 4.90 Å². The van der Waals surface area contributed by atoms with Crippen LogP contribution in [-0.2, 0) is 9.53 Å². The summed E-state index contributed by atoms with van der Waals surface area (Å²) in [5.74, 6) is 0.283. The maximum absolute atomic E-state index is 11.9. The fourth-order valence-corrected chi connectivity index (χ4v) is 1.90. The quantitative estimate of drug-likeness (QED) is 0.749. The van der Waals surface area contributed by atoms with Crippen molar-refractivity contribution in [2.24, 2.45) is 5.92 Å². The molecule has 0 radical (unpaired) electrons. The van der Waals surface area contributed by atoms with Crippen molar-refractivity contribution < 1.29 is 14.6 Å². The van der Waals surface area contributed by atoms with Gasteiger partial charge < -0.3 is 14.7 Å². The largest absolute Gasteiger partial charge is 0.394 e. The van der Waals surface area contributed by atoms with E-state index in [1.165, 1.54) is 0 Å². The Hall–Kier alpha value is -0.610. The van der Waals surface area contributed by atoms with Crippen LogP contribution in [0.3, 0.4) is 0 Å². The number of hydrogen-bond acceptors (Lipinski definition) is 3. The molecule has 15 heavy (non-hydrogen) atoms. The molecule has 0 aromatic rings. The van der Waals surface area contributed by atoms with Crippen molar-refractivity contribution >= 4 is 5.91 Å². The minimum atomic E-state index is -0.198. The number of carbonyl (C=O) groups is 1. The second kappa shape index (κ2) is 6.08. The Morgan fingerprint density at radius 3 is 3.00 bits per heavy atom. The van der Waals surface area contributed by atoms with Gasteiger partial charge in [-0.3, -0.25) is 4.79 Å². The minimum Gasteiger partial charge on any atom is -0.394 e. The first-order valence-electron chi connectivity index (χ1n) is 5.70. The summed E-state index contributed by atoms with van der Waals surface area (Å²) < 4.78 is 5.30. The molecule has 88 valence electrons.